The van der Waals surface area contributed by atoms with Crippen LogP contribution >= 0.6 is 0 Å². The minimum Gasteiger partial charge on any atom is -0.393 e. The normalized spacial score (nSPS) is 40.3. The van der Waals surface area contributed by atoms with Gasteiger partial charge in [-0.2, -0.15) is 8.42 Å². The average Bonchev–Trinajstić information content (AvgIpc) is 3.30. The molecule has 0 amide bonds. The molecule has 0 saturated heterocycles. The topological polar surface area (TPSA) is 134 Å². The van der Waals surface area contributed by atoms with Crippen LogP contribution in [0.15, 0.2) is 0 Å². The van der Waals surface area contributed by atoms with Gasteiger partial charge in [-0.3, -0.25) is 4.55 Å². The number of hydrogen-bond donors (Lipinski definition) is 5. The van der Waals surface area contributed by atoms with Gasteiger partial charge in [-0.25, -0.2) is 4.18 Å². The van der Waals surface area contributed by atoms with E-state index in [0.29, 0.717) is 53.4 Å². The molecule has 8 nitrogen and oxygen atoms in total. The van der Waals surface area contributed by atoms with Crippen LogP contribution in [-0.4, -0.2) is 62.5 Å². The molecule has 4 unspecified atom stereocenters. The molecule has 252 valence electrons. The molecule has 4 rings (SSSR count). The summed E-state index contributed by atoms with van der Waals surface area (Å²) in [6.45, 7) is 14.7. The second kappa shape index (κ2) is 15.1. The number of hydrogen-bond acceptors (Lipinski definition) is 7. The molecule has 4 fully saturated rings. The van der Waals surface area contributed by atoms with Gasteiger partial charge in [0, 0.05) is 6.04 Å². The van der Waals surface area contributed by atoms with E-state index < -0.39 is 16.5 Å². The highest BCUT2D eigenvalue weighted by atomic mass is 32.3. The summed E-state index contributed by atoms with van der Waals surface area (Å²) in [5.41, 5.74) is 6.03. The summed E-state index contributed by atoms with van der Waals surface area (Å²) < 4.78 is 45.8. The van der Waals surface area contributed by atoms with Crippen molar-refractivity contribution in [1.29, 1.82) is 0 Å². The summed E-state index contributed by atoms with van der Waals surface area (Å²) in [4.78, 5) is 0. The van der Waals surface area contributed by atoms with Gasteiger partial charge in [0.2, 0.25) is 0 Å². The molecule has 4 saturated carbocycles. The van der Waals surface area contributed by atoms with E-state index in [9.17, 15) is 18.1 Å². The maximum Gasteiger partial charge on any atom is 0.397 e. The van der Waals surface area contributed by atoms with E-state index in [1.54, 1.807) is 13.8 Å². The van der Waals surface area contributed by atoms with Gasteiger partial charge >= 0.3 is 10.4 Å². The number of rotatable bonds is 16. The molecule has 0 aromatic carbocycles. The molecule has 0 heterocycles. The maximum absolute atomic E-state index is 11.8. The molecule has 0 aliphatic heterocycles. The standard InChI is InChI=1S/C34H65N3O5S/c1-23(2)31(42-43(39,40)41)12-9-24(3)27-10-11-28-32-29(14-16-34(27,28)5)33(4)15-13-26(21-25(33)22-30(32)38)37-20-8-19-36-18-7-6-17-35/h23-32,36-38H,6-22,35H2,1-5H3,(H,39,40,41)/t24-,25-,26+,27-,28?,29?,30?,31-,32?,33+,34-/m1/s1/i31D. The molecule has 0 radical (unpaired) electrons. The Morgan fingerprint density at radius 2 is 1.65 bits per heavy atom. The van der Waals surface area contributed by atoms with Crippen LogP contribution in [0.25, 0.3) is 0 Å². The van der Waals surface area contributed by atoms with Crippen LogP contribution in [0.4, 0.5) is 0 Å². The fourth-order valence-corrected chi connectivity index (χ4v) is 11.1. The first-order chi connectivity index (χ1) is 20.6. The Labute approximate surface area is 264 Å². The number of unbranched alkanes of at least 4 members (excludes halogenated alkanes) is 1. The van der Waals surface area contributed by atoms with Crippen molar-refractivity contribution in [3.63, 3.8) is 0 Å². The smallest absolute Gasteiger partial charge is 0.393 e. The Bertz CT molecular complexity index is 1030. The van der Waals surface area contributed by atoms with Crippen molar-refractivity contribution in [2.75, 3.05) is 26.2 Å². The SMILES string of the molecule is [2H][C@](CC[C@@H](C)[C@H]1CCC2C3C(O)C[C@H]4C[C@@H](NCCCNCCCCN)CC[C@]4(C)C3CC[C@@]21C)(OS(=O)(=O)O)C(C)C. The van der Waals surface area contributed by atoms with Gasteiger partial charge in [0.15, 0.2) is 0 Å². The first-order valence-electron chi connectivity index (χ1n) is 18.1. The molecule has 6 N–H and O–H groups in total. The van der Waals surface area contributed by atoms with Gasteiger partial charge in [0.1, 0.15) is 0 Å². The highest BCUT2D eigenvalue weighted by Gasteiger charge is 2.62. The lowest BCUT2D eigenvalue weighted by atomic mass is 9.43. The minimum absolute atomic E-state index is 0.147. The Balaban J connectivity index is 1.33. The molecule has 43 heavy (non-hydrogen) atoms. The summed E-state index contributed by atoms with van der Waals surface area (Å²) >= 11 is 0. The van der Waals surface area contributed by atoms with Gasteiger partial charge in [0.05, 0.1) is 13.6 Å². The summed E-state index contributed by atoms with van der Waals surface area (Å²) in [5.74, 6) is 2.43. The third-order valence-corrected chi connectivity index (χ3v) is 13.3. The monoisotopic (exact) mass is 628 g/mol. The molecule has 0 bridgehead atoms. The van der Waals surface area contributed by atoms with Gasteiger partial charge in [-0.05, 0) is 162 Å². The second-order valence-corrected chi connectivity index (χ2v) is 16.7. The number of aliphatic hydroxyl groups is 1. The van der Waals surface area contributed by atoms with Crippen LogP contribution in [0, 0.1) is 52.3 Å². The molecule has 4 aliphatic carbocycles. The maximum atomic E-state index is 11.8. The number of aliphatic hydroxyl groups excluding tert-OH is 1. The van der Waals surface area contributed by atoms with E-state index >= 15 is 0 Å². The molecule has 0 aromatic rings. The van der Waals surface area contributed by atoms with Crippen molar-refractivity contribution in [3.05, 3.63) is 0 Å². The Kier molecular flexibility index (Phi) is 11.9. The van der Waals surface area contributed by atoms with E-state index in [1.807, 2.05) is 0 Å². The van der Waals surface area contributed by atoms with Crippen molar-refractivity contribution in [2.45, 2.75) is 136 Å². The van der Waals surface area contributed by atoms with Gasteiger partial charge < -0.3 is 21.5 Å². The summed E-state index contributed by atoms with van der Waals surface area (Å²) in [6.07, 6.45) is 11.6. The molecule has 4 aliphatic rings. The first kappa shape index (κ1) is 34.1. The van der Waals surface area contributed by atoms with E-state index in [0.717, 1.165) is 64.7 Å². The zero-order valence-corrected chi connectivity index (χ0v) is 28.6. The lowest BCUT2D eigenvalue weighted by molar-refractivity contribution is -0.167. The minimum atomic E-state index is -4.70. The van der Waals surface area contributed by atoms with E-state index in [2.05, 4.69) is 31.4 Å². The van der Waals surface area contributed by atoms with Crippen LogP contribution in [0.1, 0.15) is 119 Å². The van der Waals surface area contributed by atoms with Crippen molar-refractivity contribution >= 4 is 10.4 Å². The highest BCUT2D eigenvalue weighted by Crippen LogP contribution is 2.68. The van der Waals surface area contributed by atoms with Crippen LogP contribution < -0.4 is 16.4 Å². The first-order valence-corrected chi connectivity index (χ1v) is 19.0. The Morgan fingerprint density at radius 1 is 0.953 bits per heavy atom. The number of fused-ring (bicyclic) bond motifs is 5. The quantitative estimate of drug-likeness (QED) is 0.111. The van der Waals surface area contributed by atoms with E-state index in [1.165, 1.54) is 32.1 Å². The van der Waals surface area contributed by atoms with Crippen LogP contribution in [0.5, 0.6) is 0 Å². The zero-order valence-electron chi connectivity index (χ0n) is 28.8. The summed E-state index contributed by atoms with van der Waals surface area (Å²) in [7, 11) is -4.70. The average molecular weight is 629 g/mol. The Morgan fingerprint density at radius 3 is 2.35 bits per heavy atom. The summed E-state index contributed by atoms with van der Waals surface area (Å²) in [5, 5.41) is 19.2. The van der Waals surface area contributed by atoms with Crippen LogP contribution in [0.3, 0.4) is 0 Å². The molecule has 0 spiro atoms. The van der Waals surface area contributed by atoms with Crippen molar-refractivity contribution in [3.8, 4) is 0 Å². The lowest BCUT2D eigenvalue weighted by Gasteiger charge is -2.62. The molecule has 11 atom stereocenters. The third-order valence-electron chi connectivity index (χ3n) is 12.9. The predicted octanol–water partition coefficient (Wildman–Crippen LogP) is 5.55. The molecule has 9 heteroatoms. The van der Waals surface area contributed by atoms with Crippen molar-refractivity contribution in [1.82, 2.24) is 10.6 Å². The lowest BCUT2D eigenvalue weighted by Crippen LogP contribution is -2.59. The second-order valence-electron chi connectivity index (χ2n) is 15.7. The van der Waals surface area contributed by atoms with Crippen LogP contribution in [-0.2, 0) is 14.6 Å². The highest BCUT2D eigenvalue weighted by molar-refractivity contribution is 7.80. The van der Waals surface area contributed by atoms with Gasteiger partial charge in [-0.15, -0.1) is 0 Å². The van der Waals surface area contributed by atoms with Crippen molar-refractivity contribution < 1.29 is 23.6 Å². The number of nitrogens with one attached hydrogen (secondary N) is 2. The summed E-state index contributed by atoms with van der Waals surface area (Å²) in [6, 6.07) is 0.555. The Hall–Kier alpha value is -0.290. The van der Waals surface area contributed by atoms with Gasteiger partial charge in [0.25, 0.3) is 0 Å². The predicted molar refractivity (Wildman–Crippen MR) is 174 cm³/mol. The zero-order chi connectivity index (χ0) is 32.3. The third kappa shape index (κ3) is 8.36. The molecular formula is C34H65N3O5S. The fourth-order valence-electron chi connectivity index (χ4n) is 10.6. The van der Waals surface area contributed by atoms with E-state index in [4.69, 9.17) is 11.3 Å². The van der Waals surface area contributed by atoms with Crippen molar-refractivity contribution in [2.24, 2.45) is 58.0 Å². The number of nitrogens with two attached hydrogens (primary N) is 1. The van der Waals surface area contributed by atoms with Crippen LogP contribution in [0.2, 0.25) is 0 Å². The molecule has 0 aromatic heterocycles. The fraction of sp³-hybridized carbons (Fsp3) is 1.00. The largest absolute Gasteiger partial charge is 0.397 e. The van der Waals surface area contributed by atoms with Gasteiger partial charge in [-0.1, -0.05) is 34.6 Å². The molecular weight excluding hydrogens is 562 g/mol. The van der Waals surface area contributed by atoms with E-state index in [-0.39, 0.29) is 23.9 Å².